The molecule has 0 N–H and O–H groups in total. The van der Waals surface area contributed by atoms with Crippen LogP contribution in [0.15, 0.2) is 28.8 Å². The Morgan fingerprint density at radius 1 is 1.14 bits per heavy atom. The molecular formula is C23H35N3O3. The van der Waals surface area contributed by atoms with Gasteiger partial charge in [0.2, 0.25) is 5.89 Å². The number of piperidine rings is 1. The number of aromatic nitrogens is 2. The van der Waals surface area contributed by atoms with Crippen LogP contribution in [0.25, 0.3) is 0 Å². The SMILES string of the molecule is CC(C)Cc1nc(CCOC2CCN(Cc3ccccc3OC(C)C)CC2)no1. The van der Waals surface area contributed by atoms with Gasteiger partial charge in [0.15, 0.2) is 5.82 Å². The van der Waals surface area contributed by atoms with Gasteiger partial charge in [-0.1, -0.05) is 37.2 Å². The summed E-state index contributed by atoms with van der Waals surface area (Å²) in [6, 6.07) is 8.36. The van der Waals surface area contributed by atoms with Crippen LogP contribution in [0.5, 0.6) is 5.75 Å². The van der Waals surface area contributed by atoms with Gasteiger partial charge in [-0.15, -0.1) is 0 Å². The number of hydrogen-bond donors (Lipinski definition) is 0. The van der Waals surface area contributed by atoms with Crippen LogP contribution in [0.2, 0.25) is 0 Å². The molecule has 1 aromatic carbocycles. The molecule has 0 spiro atoms. The Hall–Kier alpha value is -1.92. The van der Waals surface area contributed by atoms with Crippen molar-refractivity contribution in [2.75, 3.05) is 19.7 Å². The molecule has 160 valence electrons. The van der Waals surface area contributed by atoms with Crippen molar-refractivity contribution in [2.45, 2.75) is 72.1 Å². The van der Waals surface area contributed by atoms with Gasteiger partial charge >= 0.3 is 0 Å². The highest BCUT2D eigenvalue weighted by Crippen LogP contribution is 2.23. The second-order valence-electron chi connectivity index (χ2n) is 8.57. The van der Waals surface area contributed by atoms with E-state index in [-0.39, 0.29) is 6.10 Å². The molecule has 1 saturated heterocycles. The lowest BCUT2D eigenvalue weighted by Gasteiger charge is -2.32. The van der Waals surface area contributed by atoms with Crippen LogP contribution in [-0.4, -0.2) is 46.9 Å². The second kappa shape index (κ2) is 10.7. The molecule has 3 rings (SSSR count). The van der Waals surface area contributed by atoms with E-state index in [1.54, 1.807) is 0 Å². The Labute approximate surface area is 174 Å². The van der Waals surface area contributed by atoms with E-state index < -0.39 is 0 Å². The lowest BCUT2D eigenvalue weighted by Crippen LogP contribution is -2.37. The zero-order chi connectivity index (χ0) is 20.6. The Morgan fingerprint density at radius 3 is 2.62 bits per heavy atom. The van der Waals surface area contributed by atoms with Crippen LogP contribution in [0.4, 0.5) is 0 Å². The third-order valence-electron chi connectivity index (χ3n) is 5.04. The number of ether oxygens (including phenoxy) is 2. The van der Waals surface area contributed by atoms with Crippen molar-refractivity contribution in [3.8, 4) is 5.75 Å². The van der Waals surface area contributed by atoms with Crippen molar-refractivity contribution in [2.24, 2.45) is 5.92 Å². The Kier molecular flexibility index (Phi) is 8.07. The van der Waals surface area contributed by atoms with E-state index in [0.29, 0.717) is 25.0 Å². The van der Waals surface area contributed by atoms with Crippen LogP contribution in [-0.2, 0) is 24.1 Å². The van der Waals surface area contributed by atoms with E-state index in [4.69, 9.17) is 14.0 Å². The molecule has 2 heterocycles. The molecular weight excluding hydrogens is 366 g/mol. The summed E-state index contributed by atoms with van der Waals surface area (Å²) >= 11 is 0. The smallest absolute Gasteiger partial charge is 0.226 e. The van der Waals surface area contributed by atoms with Gasteiger partial charge < -0.3 is 14.0 Å². The zero-order valence-corrected chi connectivity index (χ0v) is 18.3. The van der Waals surface area contributed by atoms with E-state index in [9.17, 15) is 0 Å². The molecule has 29 heavy (non-hydrogen) atoms. The molecule has 0 unspecified atom stereocenters. The van der Waals surface area contributed by atoms with Crippen molar-refractivity contribution < 1.29 is 14.0 Å². The maximum absolute atomic E-state index is 6.08. The molecule has 2 aromatic rings. The van der Waals surface area contributed by atoms with Gasteiger partial charge in [-0.25, -0.2) is 0 Å². The number of hydrogen-bond acceptors (Lipinski definition) is 6. The van der Waals surface area contributed by atoms with E-state index in [1.807, 2.05) is 6.07 Å². The molecule has 0 radical (unpaired) electrons. The first-order chi connectivity index (χ1) is 14.0. The van der Waals surface area contributed by atoms with E-state index in [1.165, 1.54) is 5.56 Å². The molecule has 6 nitrogen and oxygen atoms in total. The number of benzene rings is 1. The van der Waals surface area contributed by atoms with Gasteiger partial charge in [0.25, 0.3) is 0 Å². The van der Waals surface area contributed by atoms with Crippen molar-refractivity contribution in [1.82, 2.24) is 15.0 Å². The third kappa shape index (κ3) is 7.12. The van der Waals surface area contributed by atoms with Crippen molar-refractivity contribution in [3.05, 3.63) is 41.5 Å². The van der Waals surface area contributed by atoms with Crippen LogP contribution >= 0.6 is 0 Å². The average molecular weight is 402 g/mol. The first-order valence-electron chi connectivity index (χ1n) is 10.9. The fourth-order valence-electron chi connectivity index (χ4n) is 3.62. The van der Waals surface area contributed by atoms with Crippen LogP contribution in [0.3, 0.4) is 0 Å². The predicted octanol–water partition coefficient (Wildman–Crippen LogP) is 4.28. The molecule has 0 aliphatic carbocycles. The molecule has 0 bridgehead atoms. The first-order valence-corrected chi connectivity index (χ1v) is 10.9. The number of likely N-dealkylation sites (tertiary alicyclic amines) is 1. The zero-order valence-electron chi connectivity index (χ0n) is 18.3. The fourth-order valence-corrected chi connectivity index (χ4v) is 3.62. The van der Waals surface area contributed by atoms with Gasteiger partial charge in [-0.05, 0) is 38.7 Å². The van der Waals surface area contributed by atoms with Gasteiger partial charge in [-0.3, -0.25) is 4.90 Å². The Balaban J connectivity index is 1.38. The highest BCUT2D eigenvalue weighted by molar-refractivity contribution is 5.33. The maximum Gasteiger partial charge on any atom is 0.226 e. The monoisotopic (exact) mass is 401 g/mol. The second-order valence-corrected chi connectivity index (χ2v) is 8.57. The largest absolute Gasteiger partial charge is 0.491 e. The summed E-state index contributed by atoms with van der Waals surface area (Å²) in [6.45, 7) is 12.1. The van der Waals surface area contributed by atoms with Gasteiger partial charge in [0.05, 0.1) is 18.8 Å². The minimum absolute atomic E-state index is 0.191. The number of rotatable bonds is 10. The van der Waals surface area contributed by atoms with E-state index in [2.05, 4.69) is 60.9 Å². The molecule has 0 amide bonds. The van der Waals surface area contributed by atoms with Crippen LogP contribution in [0, 0.1) is 5.92 Å². The normalized spacial score (nSPS) is 16.1. The first kappa shape index (κ1) is 21.8. The summed E-state index contributed by atoms with van der Waals surface area (Å²) < 4.78 is 17.3. The standard InChI is InChI=1S/C23H35N3O3/c1-17(2)15-23-24-22(25-29-23)11-14-27-20-9-12-26(13-10-20)16-19-7-5-6-8-21(19)28-18(3)4/h5-8,17-18,20H,9-16H2,1-4H3. The lowest BCUT2D eigenvalue weighted by atomic mass is 10.1. The predicted molar refractivity (Wildman–Crippen MR) is 113 cm³/mol. The highest BCUT2D eigenvalue weighted by atomic mass is 16.5. The van der Waals surface area contributed by atoms with Crippen molar-refractivity contribution in [1.29, 1.82) is 0 Å². The Bertz CT molecular complexity index is 736. The van der Waals surface area contributed by atoms with E-state index in [0.717, 1.165) is 56.4 Å². The summed E-state index contributed by atoms with van der Waals surface area (Å²) in [7, 11) is 0. The van der Waals surface area contributed by atoms with Crippen molar-refractivity contribution >= 4 is 0 Å². The molecule has 0 atom stereocenters. The summed E-state index contributed by atoms with van der Waals surface area (Å²) in [4.78, 5) is 6.93. The summed E-state index contributed by atoms with van der Waals surface area (Å²) in [5.41, 5.74) is 1.26. The molecule has 1 aromatic heterocycles. The molecule has 1 fully saturated rings. The minimum Gasteiger partial charge on any atom is -0.491 e. The summed E-state index contributed by atoms with van der Waals surface area (Å²) in [6.07, 6.45) is 4.15. The summed E-state index contributed by atoms with van der Waals surface area (Å²) in [5.74, 6) is 3.00. The molecule has 1 aliphatic rings. The Morgan fingerprint density at radius 2 is 1.90 bits per heavy atom. The highest BCUT2D eigenvalue weighted by Gasteiger charge is 2.21. The molecule has 1 aliphatic heterocycles. The van der Waals surface area contributed by atoms with E-state index >= 15 is 0 Å². The quantitative estimate of drug-likeness (QED) is 0.592. The topological polar surface area (TPSA) is 60.6 Å². The fraction of sp³-hybridized carbons (Fsp3) is 0.652. The maximum atomic E-state index is 6.08. The lowest BCUT2D eigenvalue weighted by molar-refractivity contribution is 0.00659. The van der Waals surface area contributed by atoms with Crippen LogP contribution < -0.4 is 4.74 Å². The van der Waals surface area contributed by atoms with Gasteiger partial charge in [-0.2, -0.15) is 4.98 Å². The van der Waals surface area contributed by atoms with Gasteiger partial charge in [0.1, 0.15) is 5.75 Å². The molecule has 0 saturated carbocycles. The third-order valence-corrected chi connectivity index (χ3v) is 5.04. The average Bonchev–Trinajstić information content (AvgIpc) is 3.11. The minimum atomic E-state index is 0.191. The number of para-hydroxylation sites is 1. The van der Waals surface area contributed by atoms with Crippen molar-refractivity contribution in [3.63, 3.8) is 0 Å². The van der Waals surface area contributed by atoms with Gasteiger partial charge in [0, 0.05) is 38.0 Å². The summed E-state index contributed by atoms with van der Waals surface area (Å²) in [5, 5.41) is 4.05. The van der Waals surface area contributed by atoms with Crippen LogP contribution in [0.1, 0.15) is 57.8 Å². The molecule has 6 heteroatoms. The number of nitrogens with zero attached hydrogens (tertiary/aromatic N) is 3.